The van der Waals surface area contributed by atoms with Crippen LogP contribution in [0.1, 0.15) is 19.2 Å². The van der Waals surface area contributed by atoms with Crippen molar-refractivity contribution in [2.75, 3.05) is 18.0 Å². The van der Waals surface area contributed by atoms with Gasteiger partial charge in [0, 0.05) is 25.6 Å². The molecule has 23 heavy (non-hydrogen) atoms. The van der Waals surface area contributed by atoms with Crippen LogP contribution in [0.25, 0.3) is 10.2 Å². The number of hydrogen-bond acceptors (Lipinski definition) is 6. The molecule has 1 fully saturated rings. The van der Waals surface area contributed by atoms with Crippen LogP contribution >= 0.6 is 11.3 Å². The third-order valence-corrected chi connectivity index (χ3v) is 4.86. The average Bonchev–Trinajstić information content (AvgIpc) is 3.24. The van der Waals surface area contributed by atoms with E-state index in [1.807, 2.05) is 12.1 Å². The molecule has 3 aromatic rings. The van der Waals surface area contributed by atoms with Gasteiger partial charge < -0.3 is 9.64 Å². The molecule has 3 aromatic heterocycles. The monoisotopic (exact) mass is 326 g/mol. The number of aromatic nitrogens is 3. The Morgan fingerprint density at radius 1 is 1.35 bits per heavy atom. The Morgan fingerprint density at radius 3 is 3.13 bits per heavy atom. The second-order valence-electron chi connectivity index (χ2n) is 5.62. The van der Waals surface area contributed by atoms with Crippen LogP contribution in [0.3, 0.4) is 0 Å². The van der Waals surface area contributed by atoms with Crippen molar-refractivity contribution in [3.63, 3.8) is 0 Å². The molecule has 1 atom stereocenters. The highest BCUT2D eigenvalue weighted by Gasteiger charge is 2.27. The minimum Gasteiger partial charge on any atom is -0.487 e. The molecule has 1 aliphatic rings. The van der Waals surface area contributed by atoms with Crippen molar-refractivity contribution in [3.8, 4) is 5.75 Å². The summed E-state index contributed by atoms with van der Waals surface area (Å²) in [5, 5.41) is 3.23. The zero-order valence-electron chi connectivity index (χ0n) is 13.0. The lowest BCUT2D eigenvalue weighted by atomic mass is 10.3. The normalized spacial score (nSPS) is 17.8. The lowest BCUT2D eigenvalue weighted by molar-refractivity contribution is 0.224. The molecule has 4 rings (SSSR count). The molecular formula is C17H18N4OS. The number of ether oxygens (including phenoxy) is 1. The maximum Gasteiger partial charge on any atom is 0.141 e. The fourth-order valence-corrected chi connectivity index (χ4v) is 3.69. The molecule has 4 heterocycles. The fourth-order valence-electron chi connectivity index (χ4n) is 2.91. The first-order chi connectivity index (χ1) is 11.3. The minimum atomic E-state index is 0.174. The first-order valence-electron chi connectivity index (χ1n) is 7.89. The van der Waals surface area contributed by atoms with Gasteiger partial charge >= 0.3 is 0 Å². The summed E-state index contributed by atoms with van der Waals surface area (Å²) in [5.41, 5.74) is 0. The van der Waals surface area contributed by atoms with Gasteiger partial charge in [-0.3, -0.25) is 4.98 Å². The van der Waals surface area contributed by atoms with Crippen molar-refractivity contribution in [2.24, 2.45) is 0 Å². The highest BCUT2D eigenvalue weighted by atomic mass is 32.1. The predicted octanol–water partition coefficient (Wildman–Crippen LogP) is 3.31. The Morgan fingerprint density at radius 2 is 2.30 bits per heavy atom. The summed E-state index contributed by atoms with van der Waals surface area (Å²) in [5.74, 6) is 2.79. The summed E-state index contributed by atoms with van der Waals surface area (Å²) in [6, 6.07) is 5.96. The van der Waals surface area contributed by atoms with Gasteiger partial charge in [0.05, 0.1) is 18.1 Å². The van der Waals surface area contributed by atoms with Gasteiger partial charge in [0.1, 0.15) is 28.3 Å². The van der Waals surface area contributed by atoms with Crippen LogP contribution in [0, 0.1) is 0 Å². The van der Waals surface area contributed by atoms with E-state index in [0.717, 1.165) is 53.5 Å². The first-order valence-corrected chi connectivity index (χ1v) is 8.77. The van der Waals surface area contributed by atoms with Gasteiger partial charge in [-0.05, 0) is 23.6 Å². The fraction of sp³-hybridized carbons (Fsp3) is 0.353. The summed E-state index contributed by atoms with van der Waals surface area (Å²) in [4.78, 5) is 16.9. The molecule has 6 heteroatoms. The predicted molar refractivity (Wildman–Crippen MR) is 92.3 cm³/mol. The Bertz CT molecular complexity index is 805. The molecule has 1 saturated heterocycles. The molecule has 0 radical (unpaired) electrons. The summed E-state index contributed by atoms with van der Waals surface area (Å²) in [6.07, 6.45) is 5.54. The molecule has 1 unspecified atom stereocenters. The van der Waals surface area contributed by atoms with E-state index in [2.05, 4.69) is 33.2 Å². The number of rotatable bonds is 4. The Kier molecular flexibility index (Phi) is 3.83. The topological polar surface area (TPSA) is 51.1 Å². The quantitative estimate of drug-likeness (QED) is 0.736. The van der Waals surface area contributed by atoms with E-state index in [0.29, 0.717) is 0 Å². The number of nitrogens with zero attached hydrogens (tertiary/aromatic N) is 4. The van der Waals surface area contributed by atoms with Gasteiger partial charge in [-0.2, -0.15) is 0 Å². The largest absolute Gasteiger partial charge is 0.487 e. The van der Waals surface area contributed by atoms with Crippen LogP contribution in [0.4, 0.5) is 5.82 Å². The van der Waals surface area contributed by atoms with Gasteiger partial charge in [0.25, 0.3) is 0 Å². The Hall–Kier alpha value is -2.21. The van der Waals surface area contributed by atoms with Crippen LogP contribution in [0.5, 0.6) is 5.75 Å². The van der Waals surface area contributed by atoms with Crippen LogP contribution < -0.4 is 9.64 Å². The third-order valence-electron chi connectivity index (χ3n) is 4.05. The van der Waals surface area contributed by atoms with Gasteiger partial charge in [-0.1, -0.05) is 6.92 Å². The molecule has 0 N–H and O–H groups in total. The molecule has 0 spiro atoms. The van der Waals surface area contributed by atoms with E-state index < -0.39 is 0 Å². The van der Waals surface area contributed by atoms with Crippen molar-refractivity contribution in [1.29, 1.82) is 0 Å². The zero-order chi connectivity index (χ0) is 15.6. The van der Waals surface area contributed by atoms with Crippen LogP contribution in [0.2, 0.25) is 0 Å². The van der Waals surface area contributed by atoms with E-state index in [4.69, 9.17) is 9.72 Å². The van der Waals surface area contributed by atoms with Crippen molar-refractivity contribution in [1.82, 2.24) is 15.0 Å². The van der Waals surface area contributed by atoms with Gasteiger partial charge in [-0.15, -0.1) is 11.3 Å². The van der Waals surface area contributed by atoms with Crippen LogP contribution in [0.15, 0.2) is 36.0 Å². The summed E-state index contributed by atoms with van der Waals surface area (Å²) in [6.45, 7) is 3.90. The Balaban J connectivity index is 1.56. The Labute approximate surface area is 139 Å². The zero-order valence-corrected chi connectivity index (χ0v) is 13.8. The lowest BCUT2D eigenvalue weighted by Crippen LogP contribution is -2.25. The maximum absolute atomic E-state index is 6.03. The third kappa shape index (κ3) is 2.86. The van der Waals surface area contributed by atoms with Gasteiger partial charge in [-0.25, -0.2) is 9.97 Å². The molecule has 0 saturated carbocycles. The average molecular weight is 326 g/mol. The minimum absolute atomic E-state index is 0.174. The smallest absolute Gasteiger partial charge is 0.141 e. The second kappa shape index (κ2) is 6.12. The van der Waals surface area contributed by atoms with Gasteiger partial charge in [0.2, 0.25) is 0 Å². The van der Waals surface area contributed by atoms with Crippen molar-refractivity contribution in [3.05, 3.63) is 41.8 Å². The highest BCUT2D eigenvalue weighted by molar-refractivity contribution is 7.16. The van der Waals surface area contributed by atoms with E-state index in [9.17, 15) is 0 Å². The van der Waals surface area contributed by atoms with Gasteiger partial charge in [0.15, 0.2) is 0 Å². The molecule has 0 bridgehead atoms. The maximum atomic E-state index is 6.03. The van der Waals surface area contributed by atoms with Crippen LogP contribution in [-0.4, -0.2) is 34.1 Å². The molecule has 118 valence electrons. The lowest BCUT2D eigenvalue weighted by Gasteiger charge is -2.19. The number of pyridine rings is 1. The molecule has 5 nitrogen and oxygen atoms in total. The molecule has 0 aliphatic carbocycles. The van der Waals surface area contributed by atoms with Crippen molar-refractivity contribution in [2.45, 2.75) is 25.9 Å². The summed E-state index contributed by atoms with van der Waals surface area (Å²) in [7, 11) is 0. The van der Waals surface area contributed by atoms with Crippen LogP contribution in [-0.2, 0) is 6.42 Å². The molecule has 0 aromatic carbocycles. The number of thiophene rings is 1. The summed E-state index contributed by atoms with van der Waals surface area (Å²) < 4.78 is 6.03. The van der Waals surface area contributed by atoms with E-state index >= 15 is 0 Å². The molecule has 0 amide bonds. The standard InChI is InChI=1S/C17H18N4OS/c1-2-15-19-16(14-6-9-23-17(14)20-15)21-8-5-13(11-21)22-12-4-3-7-18-10-12/h3-4,6-7,9-10,13H,2,5,8,11H2,1H3. The number of fused-ring (bicyclic) bond motifs is 1. The first kappa shape index (κ1) is 14.4. The molecule has 1 aliphatic heterocycles. The summed E-state index contributed by atoms with van der Waals surface area (Å²) >= 11 is 1.68. The number of hydrogen-bond donors (Lipinski definition) is 0. The number of aryl methyl sites for hydroxylation is 1. The van der Waals surface area contributed by atoms with E-state index in [1.165, 1.54) is 0 Å². The van der Waals surface area contributed by atoms with E-state index in [1.54, 1.807) is 23.7 Å². The second-order valence-corrected chi connectivity index (χ2v) is 6.51. The van der Waals surface area contributed by atoms with Crippen molar-refractivity contribution >= 4 is 27.4 Å². The van der Waals surface area contributed by atoms with Crippen molar-refractivity contribution < 1.29 is 4.74 Å². The highest BCUT2D eigenvalue weighted by Crippen LogP contribution is 2.30. The number of anilines is 1. The SMILES string of the molecule is CCc1nc(N2CCC(Oc3cccnc3)C2)c2ccsc2n1. The van der Waals surface area contributed by atoms with E-state index in [-0.39, 0.29) is 6.10 Å². The molecular weight excluding hydrogens is 308 g/mol.